The summed E-state index contributed by atoms with van der Waals surface area (Å²) in [5, 5.41) is 3.32. The first-order chi connectivity index (χ1) is 14.0. The molecule has 0 spiro atoms. The van der Waals surface area contributed by atoms with Gasteiger partial charge in [0.1, 0.15) is 11.5 Å². The smallest absolute Gasteiger partial charge is 0.272 e. The van der Waals surface area contributed by atoms with E-state index < -0.39 is 0 Å². The Morgan fingerprint density at radius 3 is 3.00 bits per heavy atom. The van der Waals surface area contributed by atoms with Crippen LogP contribution in [-0.4, -0.2) is 50.4 Å². The lowest BCUT2D eigenvalue weighted by atomic mass is 10.1. The van der Waals surface area contributed by atoms with Crippen molar-refractivity contribution < 1.29 is 18.7 Å². The summed E-state index contributed by atoms with van der Waals surface area (Å²) in [6, 6.07) is 12.3. The molecule has 3 aromatic rings. The molecule has 1 unspecified atom stereocenters. The molecule has 7 heteroatoms. The van der Waals surface area contributed by atoms with Gasteiger partial charge in [0.05, 0.1) is 24.8 Å². The number of ether oxygens (including phenoxy) is 2. The Hall–Kier alpha value is -2.90. The largest absolute Gasteiger partial charge is 0.382 e. The van der Waals surface area contributed by atoms with Crippen molar-refractivity contribution in [3.05, 3.63) is 59.5 Å². The summed E-state index contributed by atoms with van der Waals surface area (Å²) in [7, 11) is 1.66. The van der Waals surface area contributed by atoms with Crippen LogP contribution >= 0.6 is 0 Å². The molecule has 2 N–H and O–H groups in total. The number of nitrogens with zero attached hydrogens (tertiary/aromatic N) is 1. The van der Waals surface area contributed by atoms with E-state index in [4.69, 9.17) is 9.47 Å². The van der Waals surface area contributed by atoms with Crippen LogP contribution < -0.4 is 10.2 Å². The average Bonchev–Trinajstić information content (AvgIpc) is 3.19. The number of methoxy groups -OCH3 is 1. The van der Waals surface area contributed by atoms with Crippen molar-refractivity contribution in [1.82, 2.24) is 4.98 Å². The Morgan fingerprint density at radius 2 is 2.21 bits per heavy atom. The second-order valence-corrected chi connectivity index (χ2v) is 7.23. The molecule has 1 aromatic heterocycles. The Bertz CT molecular complexity index is 992. The maximum absolute atomic E-state index is 14.0. The Kier molecular flexibility index (Phi) is 5.51. The van der Waals surface area contributed by atoms with Gasteiger partial charge in [0.25, 0.3) is 5.91 Å². The zero-order valence-electron chi connectivity index (χ0n) is 16.5. The number of hydrogen-bond donors (Lipinski definition) is 2. The number of morpholine rings is 1. The summed E-state index contributed by atoms with van der Waals surface area (Å²) < 4.78 is 24.9. The van der Waals surface area contributed by atoms with Crippen LogP contribution in [0, 0.1) is 12.7 Å². The number of halogens is 1. The van der Waals surface area contributed by atoms with Gasteiger partial charge in [-0.25, -0.2) is 4.39 Å². The Labute approximate surface area is 168 Å². The van der Waals surface area contributed by atoms with Crippen molar-refractivity contribution in [3.8, 4) is 0 Å². The number of carbonyl (C=O) groups excluding carboxylic acids is 1. The van der Waals surface area contributed by atoms with Gasteiger partial charge in [0.2, 0.25) is 0 Å². The van der Waals surface area contributed by atoms with Crippen LogP contribution in [0.4, 0.5) is 15.8 Å². The fourth-order valence-electron chi connectivity index (χ4n) is 3.67. The van der Waals surface area contributed by atoms with Gasteiger partial charge in [-0.3, -0.25) is 4.79 Å². The number of fused-ring (bicyclic) bond motifs is 1. The molecule has 1 amide bonds. The number of aryl methyl sites for hydroxylation is 1. The summed E-state index contributed by atoms with van der Waals surface area (Å²) in [4.78, 5) is 18.0. The zero-order chi connectivity index (χ0) is 20.4. The molecule has 2 heterocycles. The number of amides is 1. The van der Waals surface area contributed by atoms with E-state index >= 15 is 0 Å². The van der Waals surface area contributed by atoms with Crippen molar-refractivity contribution in [2.45, 2.75) is 13.0 Å². The molecule has 0 radical (unpaired) electrons. The number of anilines is 2. The first kappa shape index (κ1) is 19.4. The fraction of sp³-hybridized carbons (Fsp3) is 0.318. The molecule has 6 nitrogen and oxygen atoms in total. The maximum atomic E-state index is 14.0. The molecule has 1 saturated heterocycles. The topological polar surface area (TPSA) is 66.6 Å². The lowest BCUT2D eigenvalue weighted by Gasteiger charge is -2.34. The lowest BCUT2D eigenvalue weighted by Crippen LogP contribution is -2.44. The van der Waals surface area contributed by atoms with Crippen molar-refractivity contribution >= 4 is 28.2 Å². The lowest BCUT2D eigenvalue weighted by molar-refractivity contribution is -0.0100. The van der Waals surface area contributed by atoms with E-state index in [0.717, 1.165) is 24.3 Å². The van der Waals surface area contributed by atoms with Gasteiger partial charge in [-0.05, 0) is 42.8 Å². The summed E-state index contributed by atoms with van der Waals surface area (Å²) in [5.74, 6) is -0.655. The van der Waals surface area contributed by atoms with E-state index in [1.165, 1.54) is 6.07 Å². The molecule has 29 heavy (non-hydrogen) atoms. The minimum Gasteiger partial charge on any atom is -0.382 e. The Morgan fingerprint density at radius 1 is 1.34 bits per heavy atom. The van der Waals surface area contributed by atoms with Crippen molar-refractivity contribution in [2.75, 3.05) is 43.6 Å². The highest BCUT2D eigenvalue weighted by Crippen LogP contribution is 2.25. The summed E-state index contributed by atoms with van der Waals surface area (Å²) in [6.07, 6.45) is 0.0245. The van der Waals surface area contributed by atoms with Crippen LogP contribution in [0.25, 0.3) is 10.9 Å². The third kappa shape index (κ3) is 4.11. The molecular weight excluding hydrogens is 373 g/mol. The van der Waals surface area contributed by atoms with E-state index in [1.54, 1.807) is 19.2 Å². The van der Waals surface area contributed by atoms with Crippen LogP contribution in [0.3, 0.4) is 0 Å². The molecular formula is C22H24FN3O3. The predicted molar refractivity (Wildman–Crippen MR) is 111 cm³/mol. The third-order valence-electron chi connectivity index (χ3n) is 5.15. The van der Waals surface area contributed by atoms with Gasteiger partial charge < -0.3 is 24.7 Å². The second kappa shape index (κ2) is 8.23. The van der Waals surface area contributed by atoms with E-state index in [9.17, 15) is 9.18 Å². The zero-order valence-corrected chi connectivity index (χ0v) is 16.5. The number of nitrogens with one attached hydrogen (secondary N) is 2. The maximum Gasteiger partial charge on any atom is 0.272 e. The molecule has 0 saturated carbocycles. The average molecular weight is 397 g/mol. The molecule has 2 aromatic carbocycles. The van der Waals surface area contributed by atoms with Crippen LogP contribution in [0.1, 0.15) is 16.1 Å². The molecule has 152 valence electrons. The minimum absolute atomic E-state index is 0.0245. The number of benzene rings is 2. The summed E-state index contributed by atoms with van der Waals surface area (Å²) in [6.45, 7) is 4.56. The van der Waals surface area contributed by atoms with Gasteiger partial charge in [0.15, 0.2) is 0 Å². The number of hydrogen-bond acceptors (Lipinski definition) is 4. The van der Waals surface area contributed by atoms with Gasteiger partial charge >= 0.3 is 0 Å². The molecule has 0 aliphatic carbocycles. The van der Waals surface area contributed by atoms with Crippen LogP contribution in [0.2, 0.25) is 0 Å². The summed E-state index contributed by atoms with van der Waals surface area (Å²) in [5.41, 5.74) is 3.54. The Balaban J connectivity index is 1.51. The van der Waals surface area contributed by atoms with Gasteiger partial charge in [-0.1, -0.05) is 12.1 Å². The first-order valence-corrected chi connectivity index (χ1v) is 9.60. The van der Waals surface area contributed by atoms with Gasteiger partial charge in [-0.15, -0.1) is 0 Å². The molecule has 1 atom stereocenters. The third-order valence-corrected chi connectivity index (χ3v) is 5.15. The van der Waals surface area contributed by atoms with Crippen molar-refractivity contribution in [3.63, 3.8) is 0 Å². The number of H-pyrrole nitrogens is 1. The fourth-order valence-corrected chi connectivity index (χ4v) is 3.67. The van der Waals surface area contributed by atoms with Crippen LogP contribution in [-0.2, 0) is 9.47 Å². The highest BCUT2D eigenvalue weighted by Gasteiger charge is 2.21. The monoisotopic (exact) mass is 397 g/mol. The first-order valence-electron chi connectivity index (χ1n) is 9.60. The van der Waals surface area contributed by atoms with E-state index in [-0.39, 0.29) is 17.8 Å². The SMILES string of the molecule is COCC1CN(c2cccc(NC(=O)c3cc4c(F)ccc(C)c4[nH]3)c2)CCO1. The van der Waals surface area contributed by atoms with E-state index in [2.05, 4.69) is 15.2 Å². The predicted octanol–water partition coefficient (Wildman–Crippen LogP) is 3.72. The normalized spacial score (nSPS) is 16.9. The number of carbonyl (C=O) groups is 1. The van der Waals surface area contributed by atoms with Crippen molar-refractivity contribution in [1.29, 1.82) is 0 Å². The van der Waals surface area contributed by atoms with Gasteiger partial charge in [-0.2, -0.15) is 0 Å². The van der Waals surface area contributed by atoms with Crippen LogP contribution in [0.5, 0.6) is 0 Å². The van der Waals surface area contributed by atoms with Crippen molar-refractivity contribution in [2.24, 2.45) is 0 Å². The minimum atomic E-state index is -0.346. The number of aromatic nitrogens is 1. The molecule has 1 fully saturated rings. The highest BCUT2D eigenvalue weighted by atomic mass is 19.1. The standard InChI is InChI=1S/C22H24FN3O3/c1-14-6-7-19(23)18-11-20(25-21(14)18)22(27)24-15-4-3-5-16(10-15)26-8-9-29-17(12-26)13-28-2/h3-7,10-11,17,25H,8-9,12-13H2,1-2H3,(H,24,27). The summed E-state index contributed by atoms with van der Waals surface area (Å²) >= 11 is 0. The number of rotatable bonds is 5. The molecule has 1 aliphatic heterocycles. The van der Waals surface area contributed by atoms with Gasteiger partial charge in [0, 0.05) is 37.0 Å². The highest BCUT2D eigenvalue weighted by molar-refractivity contribution is 6.06. The quantitative estimate of drug-likeness (QED) is 0.689. The van der Waals surface area contributed by atoms with Crippen LogP contribution in [0.15, 0.2) is 42.5 Å². The number of aromatic amines is 1. The molecule has 4 rings (SSSR count). The second-order valence-electron chi connectivity index (χ2n) is 7.23. The molecule has 0 bridgehead atoms. The van der Waals surface area contributed by atoms with E-state index in [1.807, 2.05) is 31.2 Å². The van der Waals surface area contributed by atoms with E-state index in [0.29, 0.717) is 35.5 Å². The molecule has 1 aliphatic rings.